The molecule has 1 atom stereocenters. The lowest BCUT2D eigenvalue weighted by atomic mass is 10.3. The minimum absolute atomic E-state index is 0.0880. The maximum Gasteiger partial charge on any atom is 0.286 e. The van der Waals surface area contributed by atoms with Crippen LogP contribution in [0.3, 0.4) is 0 Å². The number of hydrogen-bond donors (Lipinski definition) is 2. The zero-order valence-corrected chi connectivity index (χ0v) is 8.89. The fourth-order valence-corrected chi connectivity index (χ4v) is 1.54. The molecule has 0 spiro atoms. The quantitative estimate of drug-likeness (QED) is 0.564. The first-order valence-electron chi connectivity index (χ1n) is 4.42. The van der Waals surface area contributed by atoms with Gasteiger partial charge in [-0.2, -0.15) is 5.10 Å². The molecule has 2 rings (SSSR count). The molecular formula is C9H9ClFN5. The van der Waals surface area contributed by atoms with Crippen LogP contribution >= 0.6 is 11.6 Å². The van der Waals surface area contributed by atoms with Gasteiger partial charge in [0.2, 0.25) is 0 Å². The summed E-state index contributed by atoms with van der Waals surface area (Å²) in [5.74, 6) is -0.407. The first-order chi connectivity index (χ1) is 7.50. The molecule has 0 aliphatic carbocycles. The van der Waals surface area contributed by atoms with Crippen LogP contribution in [-0.2, 0) is 0 Å². The Hall–Kier alpha value is -1.66. The standard InChI is InChI=1S/C9H9ClFN5/c10-9(13)15-8(12)5-14-16(9)7-4-2-1-3-6(7)11/h1-5H,13H2,(H2,12,15). The Balaban J connectivity index is 2.44. The normalized spacial score (nSPS) is 24.4. The summed E-state index contributed by atoms with van der Waals surface area (Å²) >= 11 is 5.90. The molecular weight excluding hydrogens is 233 g/mol. The number of anilines is 1. The summed E-state index contributed by atoms with van der Waals surface area (Å²) in [7, 11) is 0. The first-order valence-corrected chi connectivity index (χ1v) is 4.80. The van der Waals surface area contributed by atoms with Gasteiger partial charge in [-0.15, -0.1) is 0 Å². The van der Waals surface area contributed by atoms with Crippen LogP contribution in [0.15, 0.2) is 34.4 Å². The molecule has 1 aromatic rings. The van der Waals surface area contributed by atoms with E-state index in [1.165, 1.54) is 18.3 Å². The van der Waals surface area contributed by atoms with Gasteiger partial charge in [0.15, 0.2) is 0 Å². The summed E-state index contributed by atoms with van der Waals surface area (Å²) < 4.78 is 13.5. The number of halogens is 2. The lowest BCUT2D eigenvalue weighted by molar-refractivity contribution is 0.555. The van der Waals surface area contributed by atoms with Gasteiger partial charge in [-0.1, -0.05) is 23.7 Å². The Morgan fingerprint density at radius 3 is 2.69 bits per heavy atom. The number of hydrazone groups is 1. The number of hydrogen-bond acceptors (Lipinski definition) is 5. The molecule has 0 saturated heterocycles. The van der Waals surface area contributed by atoms with Gasteiger partial charge in [-0.3, -0.25) is 5.73 Å². The van der Waals surface area contributed by atoms with Crippen molar-refractivity contribution in [3.05, 3.63) is 30.1 Å². The molecule has 0 bridgehead atoms. The highest BCUT2D eigenvalue weighted by atomic mass is 35.5. The number of nitrogens with zero attached hydrogens (tertiary/aromatic N) is 3. The van der Waals surface area contributed by atoms with Crippen molar-refractivity contribution in [1.82, 2.24) is 0 Å². The van der Waals surface area contributed by atoms with E-state index >= 15 is 0 Å². The van der Waals surface area contributed by atoms with E-state index in [2.05, 4.69) is 10.1 Å². The van der Waals surface area contributed by atoms with Crippen LogP contribution in [0, 0.1) is 5.82 Å². The summed E-state index contributed by atoms with van der Waals surface area (Å²) in [4.78, 5) is 3.76. The molecule has 1 heterocycles. The van der Waals surface area contributed by atoms with Gasteiger partial charge in [0.05, 0.1) is 6.21 Å². The third-order valence-corrected chi connectivity index (χ3v) is 2.21. The average Bonchev–Trinajstić information content (AvgIpc) is 2.18. The summed E-state index contributed by atoms with van der Waals surface area (Å²) in [6.45, 7) is 0. The van der Waals surface area contributed by atoms with Crippen molar-refractivity contribution in [3.8, 4) is 0 Å². The van der Waals surface area contributed by atoms with Gasteiger partial charge in [0, 0.05) is 0 Å². The molecule has 4 N–H and O–H groups in total. The van der Waals surface area contributed by atoms with Gasteiger partial charge in [0.25, 0.3) is 5.25 Å². The van der Waals surface area contributed by atoms with E-state index in [0.29, 0.717) is 0 Å². The molecule has 5 nitrogen and oxygen atoms in total. The van der Waals surface area contributed by atoms with Gasteiger partial charge in [-0.25, -0.2) is 14.4 Å². The molecule has 0 amide bonds. The molecule has 1 unspecified atom stereocenters. The van der Waals surface area contributed by atoms with E-state index < -0.39 is 11.1 Å². The molecule has 0 radical (unpaired) electrons. The highest BCUT2D eigenvalue weighted by molar-refractivity contribution is 6.33. The third-order valence-electron chi connectivity index (χ3n) is 1.97. The second kappa shape index (κ2) is 3.73. The van der Waals surface area contributed by atoms with E-state index in [9.17, 15) is 4.39 Å². The average molecular weight is 242 g/mol. The smallest absolute Gasteiger partial charge is 0.286 e. The van der Waals surface area contributed by atoms with Gasteiger partial charge in [0.1, 0.15) is 17.3 Å². The number of amidine groups is 1. The topological polar surface area (TPSA) is 80.0 Å². The maximum atomic E-state index is 13.5. The fraction of sp³-hybridized carbons (Fsp3) is 0.111. The van der Waals surface area contributed by atoms with E-state index in [1.54, 1.807) is 12.1 Å². The predicted molar refractivity (Wildman–Crippen MR) is 61.8 cm³/mol. The molecule has 1 aliphatic heterocycles. The summed E-state index contributed by atoms with van der Waals surface area (Å²) in [5, 5.41) is 3.20. The Bertz CT molecular complexity index is 471. The van der Waals surface area contributed by atoms with Gasteiger partial charge in [-0.05, 0) is 12.1 Å². The largest absolute Gasteiger partial charge is 0.383 e. The predicted octanol–water partition coefficient (Wildman–Crippen LogP) is 0.798. The van der Waals surface area contributed by atoms with Crippen molar-refractivity contribution in [3.63, 3.8) is 0 Å². The molecule has 0 fully saturated rings. The van der Waals surface area contributed by atoms with Crippen molar-refractivity contribution < 1.29 is 4.39 Å². The number of aliphatic imine (C=N–C) groups is 1. The van der Waals surface area contributed by atoms with Crippen LogP contribution < -0.4 is 16.5 Å². The Kier molecular flexibility index (Phi) is 2.53. The lowest BCUT2D eigenvalue weighted by Gasteiger charge is -2.32. The van der Waals surface area contributed by atoms with Crippen molar-refractivity contribution >= 4 is 29.3 Å². The van der Waals surface area contributed by atoms with Gasteiger partial charge < -0.3 is 5.73 Å². The van der Waals surface area contributed by atoms with Crippen LogP contribution in [-0.4, -0.2) is 17.3 Å². The summed E-state index contributed by atoms with van der Waals surface area (Å²) in [5.41, 5.74) is 11.2. The number of benzene rings is 1. The van der Waals surface area contributed by atoms with Crippen molar-refractivity contribution in [2.75, 3.05) is 5.01 Å². The molecule has 1 aromatic carbocycles. The molecule has 7 heteroatoms. The number of alkyl halides is 1. The summed E-state index contributed by atoms with van der Waals surface area (Å²) in [6, 6.07) is 5.96. The van der Waals surface area contributed by atoms with Crippen LogP contribution in [0.2, 0.25) is 0 Å². The van der Waals surface area contributed by atoms with Gasteiger partial charge >= 0.3 is 0 Å². The monoisotopic (exact) mass is 241 g/mol. The maximum absolute atomic E-state index is 13.5. The van der Waals surface area contributed by atoms with E-state index in [0.717, 1.165) is 5.01 Å². The van der Waals surface area contributed by atoms with E-state index in [-0.39, 0.29) is 11.5 Å². The minimum atomic E-state index is -1.71. The Morgan fingerprint density at radius 1 is 1.38 bits per heavy atom. The molecule has 0 aromatic heterocycles. The molecule has 0 saturated carbocycles. The molecule has 1 aliphatic rings. The first kappa shape index (κ1) is 10.8. The fourth-order valence-electron chi connectivity index (χ4n) is 1.31. The second-order valence-electron chi connectivity index (χ2n) is 3.18. The van der Waals surface area contributed by atoms with Crippen molar-refractivity contribution in [2.45, 2.75) is 5.25 Å². The van der Waals surface area contributed by atoms with Crippen LogP contribution in [0.25, 0.3) is 0 Å². The lowest BCUT2D eigenvalue weighted by Crippen LogP contribution is -2.51. The van der Waals surface area contributed by atoms with E-state index in [4.69, 9.17) is 23.1 Å². The second-order valence-corrected chi connectivity index (χ2v) is 3.74. The van der Waals surface area contributed by atoms with Crippen LogP contribution in [0.1, 0.15) is 0 Å². The Labute approximate surface area is 96.2 Å². The zero-order valence-electron chi connectivity index (χ0n) is 8.14. The van der Waals surface area contributed by atoms with Crippen molar-refractivity contribution in [2.24, 2.45) is 21.6 Å². The molecule has 84 valence electrons. The number of rotatable bonds is 1. The Morgan fingerprint density at radius 2 is 2.06 bits per heavy atom. The minimum Gasteiger partial charge on any atom is -0.383 e. The summed E-state index contributed by atoms with van der Waals surface area (Å²) in [6.07, 6.45) is 1.25. The number of para-hydroxylation sites is 1. The third kappa shape index (κ3) is 1.84. The van der Waals surface area contributed by atoms with Crippen molar-refractivity contribution in [1.29, 1.82) is 0 Å². The zero-order chi connectivity index (χ0) is 11.8. The van der Waals surface area contributed by atoms with E-state index in [1.807, 2.05) is 0 Å². The number of nitrogens with two attached hydrogens (primary N) is 2. The highest BCUT2D eigenvalue weighted by Crippen LogP contribution is 2.28. The highest BCUT2D eigenvalue weighted by Gasteiger charge is 2.34. The van der Waals surface area contributed by atoms with Crippen LogP contribution in [0.4, 0.5) is 10.1 Å². The molecule has 16 heavy (non-hydrogen) atoms. The van der Waals surface area contributed by atoms with Crippen LogP contribution in [0.5, 0.6) is 0 Å². The SMILES string of the molecule is NC1=NC(N)(Cl)N(c2ccccc2F)N=C1.